The van der Waals surface area contributed by atoms with Gasteiger partial charge in [-0.1, -0.05) is 0 Å². The normalized spacial score (nSPS) is 20.6. The number of aryl methyl sites for hydroxylation is 1. The van der Waals surface area contributed by atoms with Gasteiger partial charge < -0.3 is 24.6 Å². The lowest BCUT2D eigenvalue weighted by Gasteiger charge is -2.39. The van der Waals surface area contributed by atoms with E-state index in [1.807, 2.05) is 29.2 Å². The second-order valence-electron chi connectivity index (χ2n) is 9.66. The van der Waals surface area contributed by atoms with Crippen molar-refractivity contribution in [2.75, 3.05) is 63.2 Å². The summed E-state index contributed by atoms with van der Waals surface area (Å²) in [5.74, 6) is 0.513. The van der Waals surface area contributed by atoms with Crippen LogP contribution in [0.4, 0.5) is 11.4 Å². The summed E-state index contributed by atoms with van der Waals surface area (Å²) in [4.78, 5) is 29.2. The Morgan fingerprint density at radius 2 is 1.81 bits per heavy atom. The van der Waals surface area contributed by atoms with Gasteiger partial charge in [-0.25, -0.2) is 8.42 Å². The van der Waals surface area contributed by atoms with Crippen molar-refractivity contribution >= 4 is 33.2 Å². The quantitative estimate of drug-likeness (QED) is 0.633. The molecule has 2 aromatic carbocycles. The first-order chi connectivity index (χ1) is 17.8. The van der Waals surface area contributed by atoms with Crippen LogP contribution in [0.25, 0.3) is 0 Å². The molecule has 0 aromatic heterocycles. The molecule has 1 N–H and O–H groups in total. The van der Waals surface area contributed by atoms with Gasteiger partial charge in [0.25, 0.3) is 5.91 Å². The minimum Gasteiger partial charge on any atom is -0.497 e. The molecule has 3 heterocycles. The zero-order chi connectivity index (χ0) is 26.2. The maximum Gasteiger partial charge on any atom is 0.262 e. The van der Waals surface area contributed by atoms with E-state index in [0.717, 1.165) is 24.5 Å². The lowest BCUT2D eigenvalue weighted by Crippen LogP contribution is -2.53. The van der Waals surface area contributed by atoms with Gasteiger partial charge in [-0.15, -0.1) is 0 Å². The van der Waals surface area contributed by atoms with Gasteiger partial charge in [-0.3, -0.25) is 9.59 Å². The molecule has 0 saturated carbocycles. The largest absolute Gasteiger partial charge is 0.497 e. The number of anilines is 2. The Kier molecular flexibility index (Phi) is 7.00. The number of fused-ring (bicyclic) bond motifs is 1. The van der Waals surface area contributed by atoms with Crippen molar-refractivity contribution in [1.82, 2.24) is 9.21 Å². The predicted octanol–water partition coefficient (Wildman–Crippen LogP) is 2.08. The molecule has 3 aliphatic heterocycles. The number of amides is 2. The maximum atomic E-state index is 13.6. The van der Waals surface area contributed by atoms with E-state index in [1.165, 1.54) is 10.4 Å². The molecule has 11 heteroatoms. The fourth-order valence-electron chi connectivity index (χ4n) is 5.23. The van der Waals surface area contributed by atoms with Gasteiger partial charge in [0, 0.05) is 51.0 Å². The van der Waals surface area contributed by atoms with E-state index >= 15 is 0 Å². The van der Waals surface area contributed by atoms with Crippen LogP contribution in [0.2, 0.25) is 0 Å². The fourth-order valence-corrected chi connectivity index (χ4v) is 6.98. The van der Waals surface area contributed by atoms with Gasteiger partial charge in [0.05, 0.1) is 23.6 Å². The van der Waals surface area contributed by atoms with Crippen molar-refractivity contribution in [3.8, 4) is 11.5 Å². The van der Waals surface area contributed by atoms with Gasteiger partial charge in [0.2, 0.25) is 15.9 Å². The third kappa shape index (κ3) is 5.10. The van der Waals surface area contributed by atoms with Crippen LogP contribution in [0.15, 0.2) is 41.3 Å². The number of hydrogen-bond acceptors (Lipinski definition) is 7. The average molecular weight is 529 g/mol. The molecule has 2 fully saturated rings. The van der Waals surface area contributed by atoms with Crippen molar-refractivity contribution in [3.63, 3.8) is 0 Å². The lowest BCUT2D eigenvalue weighted by atomic mass is 9.97. The number of hydrogen-bond donors (Lipinski definition) is 1. The Bertz CT molecular complexity index is 1290. The molecule has 10 nitrogen and oxygen atoms in total. The Morgan fingerprint density at radius 3 is 2.51 bits per heavy atom. The molecule has 2 amide bonds. The molecule has 0 unspecified atom stereocenters. The standard InChI is InChI=1S/C26H32N4O6S/c1-18-14-22-23(36-17-25(31)27-22)15-24(18)37(33,34)30-9-3-4-19(16-30)26(32)29-12-10-28(11-13-29)20-5-7-21(35-2)8-6-20/h5-8,14-15,19H,3-4,9-13,16-17H2,1-2H3,(H,27,31)/t19-/m1/s1. The number of carbonyl (C=O) groups is 2. The van der Waals surface area contributed by atoms with Gasteiger partial charge in [-0.2, -0.15) is 4.31 Å². The Morgan fingerprint density at radius 1 is 1.08 bits per heavy atom. The summed E-state index contributed by atoms with van der Waals surface area (Å²) in [5, 5.41) is 2.70. The predicted molar refractivity (Wildman–Crippen MR) is 139 cm³/mol. The van der Waals surface area contributed by atoms with Crippen LogP contribution in [0.1, 0.15) is 18.4 Å². The molecule has 2 aromatic rings. The zero-order valence-electron chi connectivity index (χ0n) is 21.1. The molecule has 0 spiro atoms. The zero-order valence-corrected chi connectivity index (χ0v) is 21.9. The molecule has 3 aliphatic rings. The number of rotatable bonds is 5. The molecular formula is C26H32N4O6S. The molecule has 5 rings (SSSR count). The number of ether oxygens (including phenoxy) is 2. The molecule has 0 bridgehead atoms. The van der Waals surface area contributed by atoms with Crippen LogP contribution in [0.5, 0.6) is 11.5 Å². The van der Waals surface area contributed by atoms with Crippen molar-refractivity contribution in [2.45, 2.75) is 24.7 Å². The summed E-state index contributed by atoms with van der Waals surface area (Å²) >= 11 is 0. The molecule has 0 radical (unpaired) electrons. The first kappa shape index (κ1) is 25.3. The van der Waals surface area contributed by atoms with Crippen LogP contribution in [-0.2, 0) is 19.6 Å². The topological polar surface area (TPSA) is 108 Å². The smallest absolute Gasteiger partial charge is 0.262 e. The van der Waals surface area contributed by atoms with E-state index in [9.17, 15) is 18.0 Å². The molecule has 2 saturated heterocycles. The van der Waals surface area contributed by atoms with E-state index in [2.05, 4.69) is 10.2 Å². The number of nitrogens with one attached hydrogen (secondary N) is 1. The van der Waals surface area contributed by atoms with Crippen LogP contribution in [0, 0.1) is 12.8 Å². The van der Waals surface area contributed by atoms with E-state index in [1.54, 1.807) is 20.1 Å². The van der Waals surface area contributed by atoms with E-state index in [0.29, 0.717) is 49.5 Å². The fraction of sp³-hybridized carbons (Fsp3) is 0.462. The third-order valence-corrected chi connectivity index (χ3v) is 9.30. The molecule has 1 atom stereocenters. The molecular weight excluding hydrogens is 496 g/mol. The van der Waals surface area contributed by atoms with E-state index in [4.69, 9.17) is 9.47 Å². The second-order valence-corrected chi connectivity index (χ2v) is 11.6. The summed E-state index contributed by atoms with van der Waals surface area (Å²) in [6, 6.07) is 11.0. The highest BCUT2D eigenvalue weighted by Crippen LogP contribution is 2.35. The van der Waals surface area contributed by atoms with Gasteiger partial charge in [-0.05, 0) is 55.7 Å². The van der Waals surface area contributed by atoms with Crippen molar-refractivity contribution in [2.24, 2.45) is 5.92 Å². The average Bonchev–Trinajstić information content (AvgIpc) is 2.92. The van der Waals surface area contributed by atoms with Crippen molar-refractivity contribution in [1.29, 1.82) is 0 Å². The highest BCUT2D eigenvalue weighted by atomic mass is 32.2. The minimum absolute atomic E-state index is 0.0162. The van der Waals surface area contributed by atoms with Gasteiger partial charge >= 0.3 is 0 Å². The number of nitrogens with zero attached hydrogens (tertiary/aromatic N) is 3. The number of carbonyl (C=O) groups excluding carboxylic acids is 2. The van der Waals surface area contributed by atoms with Gasteiger partial charge in [0.15, 0.2) is 6.61 Å². The number of piperazine rings is 1. The Hall–Kier alpha value is -3.31. The van der Waals surface area contributed by atoms with Gasteiger partial charge in [0.1, 0.15) is 11.5 Å². The lowest BCUT2D eigenvalue weighted by molar-refractivity contribution is -0.137. The third-order valence-electron chi connectivity index (χ3n) is 7.29. The van der Waals surface area contributed by atoms with E-state index < -0.39 is 10.0 Å². The summed E-state index contributed by atoms with van der Waals surface area (Å²) in [5.41, 5.74) is 2.08. The van der Waals surface area contributed by atoms with Crippen molar-refractivity contribution in [3.05, 3.63) is 42.0 Å². The number of methoxy groups -OCH3 is 1. The second kappa shape index (κ2) is 10.2. The summed E-state index contributed by atoms with van der Waals surface area (Å²) in [6.07, 6.45) is 1.29. The first-order valence-corrected chi connectivity index (χ1v) is 14.0. The number of benzene rings is 2. The van der Waals surface area contributed by atoms with Crippen LogP contribution >= 0.6 is 0 Å². The minimum atomic E-state index is -3.84. The number of piperidine rings is 1. The summed E-state index contributed by atoms with van der Waals surface area (Å²) in [6.45, 7) is 4.71. The van der Waals surface area contributed by atoms with Crippen molar-refractivity contribution < 1.29 is 27.5 Å². The summed E-state index contributed by atoms with van der Waals surface area (Å²) in [7, 11) is -2.20. The van der Waals surface area contributed by atoms with E-state index in [-0.39, 0.29) is 35.8 Å². The molecule has 0 aliphatic carbocycles. The molecule has 198 valence electrons. The maximum absolute atomic E-state index is 13.6. The SMILES string of the molecule is COc1ccc(N2CCN(C(=O)[C@@H]3CCCN(S(=O)(=O)c4cc5c(cc4C)NC(=O)CO5)C3)CC2)cc1. The van der Waals surface area contributed by atoms with Crippen LogP contribution in [-0.4, -0.2) is 82.4 Å². The number of sulfonamides is 1. The first-order valence-electron chi connectivity index (χ1n) is 12.5. The van der Waals surface area contributed by atoms with Crippen LogP contribution in [0.3, 0.4) is 0 Å². The van der Waals surface area contributed by atoms with Crippen LogP contribution < -0.4 is 19.7 Å². The molecule has 37 heavy (non-hydrogen) atoms. The Balaban J connectivity index is 1.24. The highest BCUT2D eigenvalue weighted by molar-refractivity contribution is 7.89. The monoisotopic (exact) mass is 528 g/mol. The Labute approximate surface area is 217 Å². The highest BCUT2D eigenvalue weighted by Gasteiger charge is 2.37. The summed E-state index contributed by atoms with van der Waals surface area (Å²) < 4.78 is 39.3.